The number of methoxy groups -OCH3 is 1. The van der Waals surface area contributed by atoms with Gasteiger partial charge in [0.25, 0.3) is 0 Å². The number of fused-ring (bicyclic) bond motifs is 5. The highest BCUT2D eigenvalue weighted by Gasteiger charge is 2.66. The van der Waals surface area contributed by atoms with Crippen molar-refractivity contribution in [1.29, 1.82) is 0 Å². The van der Waals surface area contributed by atoms with E-state index in [1.807, 2.05) is 18.2 Å². The highest BCUT2D eigenvalue weighted by molar-refractivity contribution is 6.08. The lowest BCUT2D eigenvalue weighted by atomic mass is 9.55. The van der Waals surface area contributed by atoms with Crippen molar-refractivity contribution in [1.82, 2.24) is 0 Å². The maximum absolute atomic E-state index is 14.4. The summed E-state index contributed by atoms with van der Waals surface area (Å²) in [5.74, 6) is 1.88. The molecule has 2 aromatic rings. The molecule has 6 nitrogen and oxygen atoms in total. The highest BCUT2D eigenvalue weighted by Crippen LogP contribution is 2.64. The number of carbonyl (C=O) groups is 2. The number of Topliss-reactive ketones (excluding diaryl/α,β-unsaturated/α-hetero) is 1. The number of aryl methyl sites for hydroxylation is 1. The van der Waals surface area contributed by atoms with E-state index in [-0.39, 0.29) is 24.0 Å². The van der Waals surface area contributed by atoms with Gasteiger partial charge in [0.15, 0.2) is 12.1 Å². The zero-order valence-electron chi connectivity index (χ0n) is 30.2. The van der Waals surface area contributed by atoms with Gasteiger partial charge in [0, 0.05) is 18.6 Å². The first-order valence-electron chi connectivity index (χ1n) is 19.6. The number of ether oxygens (including phenoxy) is 4. The Bertz CT molecular complexity index is 1370. The maximum atomic E-state index is 14.4. The van der Waals surface area contributed by atoms with Crippen LogP contribution in [-0.2, 0) is 36.8 Å². The molecule has 49 heavy (non-hydrogen) atoms. The van der Waals surface area contributed by atoms with Crippen LogP contribution in [0.2, 0.25) is 0 Å². The quantitative estimate of drug-likeness (QED) is 0.0947. The van der Waals surface area contributed by atoms with E-state index >= 15 is 0 Å². The van der Waals surface area contributed by atoms with E-state index < -0.39 is 10.8 Å². The van der Waals surface area contributed by atoms with Crippen LogP contribution in [-0.4, -0.2) is 38.4 Å². The number of benzene rings is 2. The predicted molar refractivity (Wildman–Crippen MR) is 192 cm³/mol. The molecule has 0 N–H and O–H groups in total. The fourth-order valence-corrected chi connectivity index (χ4v) is 9.90. The Hall–Kier alpha value is -2.70. The van der Waals surface area contributed by atoms with Gasteiger partial charge < -0.3 is 18.9 Å². The highest BCUT2D eigenvalue weighted by atomic mass is 16.7. The van der Waals surface area contributed by atoms with E-state index in [4.69, 9.17) is 18.9 Å². The van der Waals surface area contributed by atoms with Crippen LogP contribution in [0.5, 0.6) is 5.75 Å². The topological polar surface area (TPSA) is 71.1 Å². The van der Waals surface area contributed by atoms with Crippen LogP contribution in [0.4, 0.5) is 0 Å². The number of ketones is 1. The van der Waals surface area contributed by atoms with E-state index in [9.17, 15) is 9.59 Å². The van der Waals surface area contributed by atoms with Crippen molar-refractivity contribution in [3.63, 3.8) is 0 Å². The van der Waals surface area contributed by atoms with Crippen LogP contribution in [0, 0.1) is 22.7 Å². The van der Waals surface area contributed by atoms with Gasteiger partial charge in [-0.15, -0.1) is 0 Å². The minimum absolute atomic E-state index is 0.0283. The van der Waals surface area contributed by atoms with Gasteiger partial charge in [-0.2, -0.15) is 0 Å². The van der Waals surface area contributed by atoms with Crippen LogP contribution in [0.3, 0.4) is 0 Å². The zero-order valence-corrected chi connectivity index (χ0v) is 30.2. The molecule has 2 saturated carbocycles. The Morgan fingerprint density at radius 1 is 0.898 bits per heavy atom. The molecule has 1 saturated heterocycles. The smallest absolute Gasteiger partial charge is 0.319 e. The van der Waals surface area contributed by atoms with Gasteiger partial charge in [-0.25, -0.2) is 0 Å². The van der Waals surface area contributed by atoms with Gasteiger partial charge in [0.05, 0.1) is 7.11 Å². The molecule has 0 bridgehead atoms. The van der Waals surface area contributed by atoms with Crippen molar-refractivity contribution in [3.8, 4) is 5.75 Å². The fourth-order valence-electron chi connectivity index (χ4n) is 9.90. The average molecular weight is 673 g/mol. The van der Waals surface area contributed by atoms with E-state index in [0.717, 1.165) is 83.2 Å². The molecule has 0 aromatic heterocycles. The number of esters is 1. The van der Waals surface area contributed by atoms with E-state index in [2.05, 4.69) is 37.3 Å². The summed E-state index contributed by atoms with van der Waals surface area (Å²) in [7, 11) is 1.47. The molecule has 1 aliphatic heterocycles. The summed E-state index contributed by atoms with van der Waals surface area (Å²) in [5, 5.41) is 0. The van der Waals surface area contributed by atoms with Crippen LogP contribution in [0.15, 0.2) is 48.5 Å². The van der Waals surface area contributed by atoms with Gasteiger partial charge in [-0.1, -0.05) is 94.7 Å². The molecule has 4 aliphatic rings. The van der Waals surface area contributed by atoms with Gasteiger partial charge >= 0.3 is 5.97 Å². The Kier molecular flexibility index (Phi) is 12.5. The average Bonchev–Trinajstić information content (AvgIpc) is 3.38. The Balaban J connectivity index is 0.968. The van der Waals surface area contributed by atoms with E-state index in [1.54, 1.807) is 0 Å². The van der Waals surface area contributed by atoms with Crippen molar-refractivity contribution in [3.05, 3.63) is 65.2 Å². The minimum Gasteiger partial charge on any atom is -0.489 e. The van der Waals surface area contributed by atoms with Gasteiger partial charge in [-0.3, -0.25) is 9.59 Å². The first-order chi connectivity index (χ1) is 23.9. The van der Waals surface area contributed by atoms with Crippen molar-refractivity contribution in [2.45, 2.75) is 141 Å². The van der Waals surface area contributed by atoms with Crippen LogP contribution in [0.25, 0.3) is 0 Å². The second-order valence-corrected chi connectivity index (χ2v) is 15.7. The zero-order chi connectivity index (χ0) is 34.1. The summed E-state index contributed by atoms with van der Waals surface area (Å²) in [6.07, 6.45) is 19.1. The van der Waals surface area contributed by atoms with Crippen molar-refractivity contribution < 1.29 is 28.5 Å². The first kappa shape index (κ1) is 36.1. The molecule has 0 amide bonds. The lowest BCUT2D eigenvalue weighted by Crippen LogP contribution is -2.44. The number of carbonyl (C=O) groups excluding carboxylic acids is 2. The third kappa shape index (κ3) is 8.28. The van der Waals surface area contributed by atoms with Crippen LogP contribution in [0.1, 0.15) is 139 Å². The molecular weight excluding hydrogens is 612 g/mol. The molecule has 268 valence electrons. The molecule has 3 aliphatic carbocycles. The number of hydrogen-bond acceptors (Lipinski definition) is 6. The van der Waals surface area contributed by atoms with Gasteiger partial charge in [-0.05, 0) is 111 Å². The summed E-state index contributed by atoms with van der Waals surface area (Å²) < 4.78 is 23.1. The van der Waals surface area contributed by atoms with Crippen molar-refractivity contribution >= 4 is 11.8 Å². The number of hydrogen-bond donors (Lipinski definition) is 0. The summed E-state index contributed by atoms with van der Waals surface area (Å²) in [6.45, 7) is 4.39. The standard InChI is InChI=1S/C43H60O6/c1-42-26-24-36-35-23-21-34(49-31-32-17-11-10-12-18-32)29-33(35)20-22-37(36)38(42)30-43(40(42)44,41(45)46-2)25-14-8-6-4-3-5-7-9-15-27-47-39-19-13-16-28-48-39/h10-12,17-18,21,23,29,36-39H,3-9,13-16,19-20,22,24-28,30-31H2,1-2H3/t36-,37-,38+,39?,42+,43?/m1/s1. The van der Waals surface area contributed by atoms with Crippen LogP contribution < -0.4 is 4.74 Å². The normalized spacial score (nSPS) is 29.1. The Morgan fingerprint density at radius 2 is 1.65 bits per heavy atom. The fraction of sp³-hybridized carbons (Fsp3) is 0.674. The van der Waals surface area contributed by atoms with E-state index in [1.165, 1.54) is 62.3 Å². The lowest BCUT2D eigenvalue weighted by molar-refractivity contribution is -0.162. The number of unbranched alkanes of at least 4 members (excludes halogenated alkanes) is 8. The third-order valence-corrected chi connectivity index (χ3v) is 12.6. The molecule has 0 spiro atoms. The Labute approximate surface area is 295 Å². The largest absolute Gasteiger partial charge is 0.489 e. The van der Waals surface area contributed by atoms with Crippen molar-refractivity contribution in [2.75, 3.05) is 20.3 Å². The van der Waals surface area contributed by atoms with Crippen molar-refractivity contribution in [2.24, 2.45) is 22.7 Å². The molecule has 2 unspecified atom stereocenters. The molecule has 2 aromatic carbocycles. The minimum atomic E-state index is -0.983. The number of rotatable bonds is 17. The van der Waals surface area contributed by atoms with Gasteiger partial charge in [0.1, 0.15) is 17.8 Å². The summed E-state index contributed by atoms with van der Waals surface area (Å²) in [5.41, 5.74) is 2.55. The molecule has 0 radical (unpaired) electrons. The molecule has 1 heterocycles. The Morgan fingerprint density at radius 3 is 2.39 bits per heavy atom. The molecule has 3 fully saturated rings. The van der Waals surface area contributed by atoms with Crippen LogP contribution >= 0.6 is 0 Å². The summed E-state index contributed by atoms with van der Waals surface area (Å²) in [6, 6.07) is 16.9. The molecule has 6 rings (SSSR count). The second-order valence-electron chi connectivity index (χ2n) is 15.7. The monoisotopic (exact) mass is 672 g/mol. The third-order valence-electron chi connectivity index (χ3n) is 12.6. The molecule has 6 atom stereocenters. The first-order valence-corrected chi connectivity index (χ1v) is 19.6. The van der Waals surface area contributed by atoms with Gasteiger partial charge in [0.2, 0.25) is 0 Å². The van der Waals surface area contributed by atoms with E-state index in [0.29, 0.717) is 31.3 Å². The SMILES string of the molecule is COC(=O)C1(CCCCCCCCCCCOC2CCCCO2)C[C@H]2[C@@H]3CCc4cc(OCc5ccccc5)ccc4[C@H]3CC[C@]2(C)C1=O. The second kappa shape index (κ2) is 17.0. The summed E-state index contributed by atoms with van der Waals surface area (Å²) >= 11 is 0. The predicted octanol–water partition coefficient (Wildman–Crippen LogP) is 9.90. The molecule has 6 heteroatoms. The summed E-state index contributed by atoms with van der Waals surface area (Å²) in [4.78, 5) is 27.9. The lowest BCUT2D eigenvalue weighted by Gasteiger charge is -2.48. The maximum Gasteiger partial charge on any atom is 0.319 e. The molecular formula is C43H60O6.